The van der Waals surface area contributed by atoms with Gasteiger partial charge in [0, 0.05) is 5.56 Å². The van der Waals surface area contributed by atoms with Crippen molar-refractivity contribution in [1.82, 2.24) is 0 Å². The zero-order chi connectivity index (χ0) is 25.4. The normalized spacial score (nSPS) is 12.3. The number of ether oxygens (including phenoxy) is 2. The summed E-state index contributed by atoms with van der Waals surface area (Å²) in [4.78, 5) is 12.7. The van der Waals surface area contributed by atoms with E-state index in [4.69, 9.17) is 9.47 Å². The lowest BCUT2D eigenvalue weighted by Gasteiger charge is -2.32. The second-order valence-electron chi connectivity index (χ2n) is 10.5. The van der Waals surface area contributed by atoms with Crippen LogP contribution in [0.4, 0.5) is 0 Å². The Balaban J connectivity index is 1.66. The highest BCUT2D eigenvalue weighted by Gasteiger charge is 2.28. The van der Waals surface area contributed by atoms with Crippen LogP contribution in [0.1, 0.15) is 82.8 Å². The largest absolute Gasteiger partial charge is 0.457 e. The first kappa shape index (κ1) is 28.9. The molecule has 0 radical (unpaired) electrons. The number of aryl methyl sites for hydroxylation is 1. The van der Waals surface area contributed by atoms with E-state index in [1.165, 1.54) is 62.5 Å². The van der Waals surface area contributed by atoms with Crippen molar-refractivity contribution in [2.75, 3.05) is 27.4 Å². The minimum Gasteiger partial charge on any atom is -0.457 e. The molecule has 2 aromatic rings. The van der Waals surface area contributed by atoms with E-state index < -0.39 is 0 Å². The Bertz CT molecular complexity index is 817. The van der Waals surface area contributed by atoms with Crippen molar-refractivity contribution in [2.24, 2.45) is 5.92 Å². The lowest BCUT2D eigenvalue weighted by molar-refractivity contribution is -0.906. The Morgan fingerprint density at radius 3 is 2.06 bits per heavy atom. The molecule has 1 atom stereocenters. The lowest BCUT2D eigenvalue weighted by atomic mass is 10.0. The predicted molar refractivity (Wildman–Crippen MR) is 145 cm³/mol. The van der Waals surface area contributed by atoms with Crippen LogP contribution in [-0.2, 0) is 22.5 Å². The van der Waals surface area contributed by atoms with Gasteiger partial charge in [-0.05, 0) is 37.0 Å². The molecule has 0 heterocycles. The van der Waals surface area contributed by atoms with Crippen LogP contribution in [-0.4, -0.2) is 37.9 Å². The Kier molecular flexibility index (Phi) is 13.5. The van der Waals surface area contributed by atoms with Gasteiger partial charge in [-0.25, -0.2) is 0 Å². The van der Waals surface area contributed by atoms with Crippen LogP contribution in [0, 0.1) is 5.92 Å². The molecule has 2 aromatic carbocycles. The first-order valence-electron chi connectivity index (χ1n) is 13.7. The monoisotopic (exact) mass is 482 g/mol. The predicted octanol–water partition coefficient (Wildman–Crippen LogP) is 7.55. The molecule has 0 aliphatic carbocycles. The summed E-state index contributed by atoms with van der Waals surface area (Å²) in [5.74, 6) is 0.412. The van der Waals surface area contributed by atoms with Gasteiger partial charge in [0.2, 0.25) is 6.79 Å². The van der Waals surface area contributed by atoms with Crippen LogP contribution in [0.5, 0.6) is 5.75 Å². The second kappa shape index (κ2) is 16.4. The van der Waals surface area contributed by atoms with Crippen LogP contribution < -0.4 is 4.74 Å². The molecule has 0 saturated carbocycles. The van der Waals surface area contributed by atoms with E-state index in [1.54, 1.807) is 0 Å². The minimum atomic E-state index is -0.182. The van der Waals surface area contributed by atoms with E-state index in [-0.39, 0.29) is 18.7 Å². The number of unbranched alkanes of at least 4 members (excludes halogenated alkanes) is 7. The summed E-state index contributed by atoms with van der Waals surface area (Å²) < 4.78 is 11.9. The molecule has 0 aliphatic rings. The van der Waals surface area contributed by atoms with Gasteiger partial charge in [0.1, 0.15) is 18.2 Å². The fraction of sp³-hybridized carbons (Fsp3) is 0.581. The van der Waals surface area contributed by atoms with Crippen LogP contribution in [0.3, 0.4) is 0 Å². The molecule has 0 aliphatic heterocycles. The number of quaternary nitrogens is 1. The maximum atomic E-state index is 12.7. The molecule has 0 fully saturated rings. The van der Waals surface area contributed by atoms with Crippen molar-refractivity contribution in [3.05, 3.63) is 65.7 Å². The zero-order valence-corrected chi connectivity index (χ0v) is 22.6. The molecule has 0 aromatic heterocycles. The highest BCUT2D eigenvalue weighted by molar-refractivity contribution is 5.72. The molecule has 4 nitrogen and oxygen atoms in total. The first-order chi connectivity index (χ1) is 16.9. The van der Waals surface area contributed by atoms with Crippen molar-refractivity contribution in [2.45, 2.75) is 84.6 Å². The van der Waals surface area contributed by atoms with E-state index in [0.717, 1.165) is 36.2 Å². The molecule has 35 heavy (non-hydrogen) atoms. The van der Waals surface area contributed by atoms with Gasteiger partial charge in [0.05, 0.1) is 20.6 Å². The summed E-state index contributed by atoms with van der Waals surface area (Å²) in [5, 5.41) is 0. The third-order valence-corrected chi connectivity index (χ3v) is 6.66. The summed E-state index contributed by atoms with van der Waals surface area (Å²) >= 11 is 0. The molecule has 194 valence electrons. The fourth-order valence-corrected chi connectivity index (χ4v) is 4.60. The van der Waals surface area contributed by atoms with Gasteiger partial charge in [-0.1, -0.05) is 101 Å². The smallest absolute Gasteiger partial charge is 0.317 e. The number of rotatable bonds is 18. The van der Waals surface area contributed by atoms with Gasteiger partial charge >= 0.3 is 5.97 Å². The van der Waals surface area contributed by atoms with Crippen molar-refractivity contribution < 1.29 is 18.8 Å². The standard InChI is InChI=1S/C31H48NO3/c1-5-7-8-9-10-11-12-14-17-27-20-22-30(23-21-27)34-26-35-31(33)29(6-2)25-32(3,4)24-28-18-15-13-16-19-28/h13,15-16,18-23,29H,5-12,14,17,24-26H2,1-4H3/q+1. The third-order valence-electron chi connectivity index (χ3n) is 6.66. The highest BCUT2D eigenvalue weighted by Crippen LogP contribution is 2.18. The Hall–Kier alpha value is -2.33. The van der Waals surface area contributed by atoms with Gasteiger partial charge < -0.3 is 14.0 Å². The maximum Gasteiger partial charge on any atom is 0.317 e. The quantitative estimate of drug-likeness (QED) is 0.0952. The summed E-state index contributed by atoms with van der Waals surface area (Å²) in [6, 6.07) is 18.6. The maximum absolute atomic E-state index is 12.7. The average Bonchev–Trinajstić information content (AvgIpc) is 2.85. The van der Waals surface area contributed by atoms with Crippen LogP contribution in [0.2, 0.25) is 0 Å². The van der Waals surface area contributed by atoms with E-state index in [0.29, 0.717) is 0 Å². The molecule has 0 saturated heterocycles. The Morgan fingerprint density at radius 2 is 1.43 bits per heavy atom. The summed E-state index contributed by atoms with van der Waals surface area (Å²) in [6.45, 7) is 5.88. The Morgan fingerprint density at radius 1 is 0.800 bits per heavy atom. The van der Waals surface area contributed by atoms with Crippen molar-refractivity contribution in [3.8, 4) is 5.75 Å². The van der Waals surface area contributed by atoms with Gasteiger partial charge in [-0.2, -0.15) is 0 Å². The van der Waals surface area contributed by atoms with Crippen LogP contribution in [0.25, 0.3) is 0 Å². The summed E-state index contributed by atoms with van der Waals surface area (Å²) in [6.07, 6.45) is 12.6. The van der Waals surface area contributed by atoms with E-state index in [2.05, 4.69) is 57.4 Å². The van der Waals surface area contributed by atoms with E-state index in [9.17, 15) is 4.79 Å². The molecule has 0 amide bonds. The summed E-state index contributed by atoms with van der Waals surface area (Å²) in [7, 11) is 4.32. The molecule has 0 bridgehead atoms. The summed E-state index contributed by atoms with van der Waals surface area (Å²) in [5.41, 5.74) is 2.61. The fourth-order valence-electron chi connectivity index (χ4n) is 4.60. The number of esters is 1. The molecular weight excluding hydrogens is 434 g/mol. The number of hydrogen-bond acceptors (Lipinski definition) is 3. The third kappa shape index (κ3) is 12.3. The number of benzene rings is 2. The van der Waals surface area contributed by atoms with Crippen LogP contribution in [0.15, 0.2) is 54.6 Å². The molecule has 0 spiro atoms. The van der Waals surface area contributed by atoms with Gasteiger partial charge in [0.15, 0.2) is 0 Å². The zero-order valence-electron chi connectivity index (χ0n) is 22.6. The first-order valence-corrected chi connectivity index (χ1v) is 13.7. The van der Waals surface area contributed by atoms with Gasteiger partial charge in [-0.15, -0.1) is 0 Å². The van der Waals surface area contributed by atoms with Crippen LogP contribution >= 0.6 is 0 Å². The average molecular weight is 483 g/mol. The Labute approximate surface area is 214 Å². The van der Waals surface area contributed by atoms with Crippen molar-refractivity contribution >= 4 is 5.97 Å². The van der Waals surface area contributed by atoms with E-state index >= 15 is 0 Å². The van der Waals surface area contributed by atoms with Gasteiger partial charge in [-0.3, -0.25) is 4.79 Å². The molecule has 2 rings (SSSR count). The molecule has 0 N–H and O–H groups in total. The highest BCUT2D eigenvalue weighted by atomic mass is 16.7. The lowest BCUT2D eigenvalue weighted by Crippen LogP contribution is -2.44. The second-order valence-corrected chi connectivity index (χ2v) is 10.5. The number of carbonyl (C=O) groups excluding carboxylic acids is 1. The molecule has 4 heteroatoms. The molecule has 1 unspecified atom stereocenters. The van der Waals surface area contributed by atoms with E-state index in [1.807, 2.05) is 25.1 Å². The van der Waals surface area contributed by atoms with Crippen molar-refractivity contribution in [3.63, 3.8) is 0 Å². The topological polar surface area (TPSA) is 35.5 Å². The number of carbonyl (C=O) groups is 1. The SMILES string of the molecule is CCCCCCCCCCc1ccc(OCOC(=O)C(CC)C[N+](C)(C)Cc2ccccc2)cc1. The minimum absolute atomic E-state index is 0.0428. The van der Waals surface area contributed by atoms with Crippen molar-refractivity contribution in [1.29, 1.82) is 0 Å². The number of hydrogen-bond donors (Lipinski definition) is 0. The number of nitrogens with zero attached hydrogens (tertiary/aromatic N) is 1. The van der Waals surface area contributed by atoms with Gasteiger partial charge in [0.25, 0.3) is 0 Å². The molecular formula is C31H48NO3+.